The van der Waals surface area contributed by atoms with Gasteiger partial charge in [0.05, 0.1) is 11.3 Å². The molecule has 21 heavy (non-hydrogen) atoms. The summed E-state index contributed by atoms with van der Waals surface area (Å²) in [6.45, 7) is 4.98. The molecule has 0 aliphatic heterocycles. The molecular formula is C17H25N3O. The molecule has 0 radical (unpaired) electrons. The van der Waals surface area contributed by atoms with Crippen LogP contribution in [-0.4, -0.2) is 23.5 Å². The van der Waals surface area contributed by atoms with Crippen LogP contribution in [0.1, 0.15) is 49.9 Å². The van der Waals surface area contributed by atoms with Crippen LogP contribution in [0.25, 0.3) is 0 Å². The van der Waals surface area contributed by atoms with Crippen LogP contribution in [0.15, 0.2) is 18.5 Å². The zero-order valence-corrected chi connectivity index (χ0v) is 12.9. The van der Waals surface area contributed by atoms with Gasteiger partial charge in [0.25, 0.3) is 5.91 Å². The van der Waals surface area contributed by atoms with Gasteiger partial charge in [0, 0.05) is 25.0 Å². The van der Waals surface area contributed by atoms with Crippen molar-refractivity contribution in [2.45, 2.75) is 45.6 Å². The van der Waals surface area contributed by atoms with E-state index in [2.05, 4.69) is 22.5 Å². The van der Waals surface area contributed by atoms with Gasteiger partial charge in [-0.2, -0.15) is 0 Å². The van der Waals surface area contributed by atoms with E-state index >= 15 is 0 Å². The van der Waals surface area contributed by atoms with Gasteiger partial charge in [0.1, 0.15) is 0 Å². The Hall–Kier alpha value is -1.58. The van der Waals surface area contributed by atoms with E-state index in [-0.39, 0.29) is 11.9 Å². The summed E-state index contributed by atoms with van der Waals surface area (Å²) in [7, 11) is 0. The van der Waals surface area contributed by atoms with E-state index in [0.29, 0.717) is 11.5 Å². The van der Waals surface area contributed by atoms with Crippen molar-refractivity contribution in [2.24, 2.45) is 17.8 Å². The second-order valence-electron chi connectivity index (χ2n) is 6.55. The molecule has 4 nitrogen and oxygen atoms in total. The van der Waals surface area contributed by atoms with Crippen molar-refractivity contribution in [1.82, 2.24) is 10.3 Å². The predicted molar refractivity (Wildman–Crippen MR) is 84.3 cm³/mol. The van der Waals surface area contributed by atoms with Crippen molar-refractivity contribution in [3.8, 4) is 0 Å². The fraction of sp³-hybridized carbons (Fsp3) is 0.647. The Morgan fingerprint density at radius 3 is 2.95 bits per heavy atom. The Labute approximate surface area is 126 Å². The van der Waals surface area contributed by atoms with Crippen molar-refractivity contribution >= 4 is 11.6 Å². The van der Waals surface area contributed by atoms with Gasteiger partial charge >= 0.3 is 0 Å². The lowest BCUT2D eigenvalue weighted by Crippen LogP contribution is -2.40. The average molecular weight is 287 g/mol. The number of nitrogens with zero attached hydrogens (tertiary/aromatic N) is 1. The minimum absolute atomic E-state index is 0.00526. The summed E-state index contributed by atoms with van der Waals surface area (Å²) in [4.78, 5) is 16.6. The molecule has 114 valence electrons. The van der Waals surface area contributed by atoms with Crippen molar-refractivity contribution < 1.29 is 4.79 Å². The number of carbonyl (C=O) groups excluding carboxylic acids is 1. The van der Waals surface area contributed by atoms with Crippen LogP contribution in [-0.2, 0) is 0 Å². The fourth-order valence-corrected chi connectivity index (χ4v) is 4.22. The molecule has 2 aliphatic rings. The molecule has 0 saturated heterocycles. The zero-order chi connectivity index (χ0) is 14.8. The van der Waals surface area contributed by atoms with Crippen LogP contribution in [0.5, 0.6) is 0 Å². The third-order valence-corrected chi connectivity index (χ3v) is 5.23. The molecule has 2 bridgehead atoms. The third kappa shape index (κ3) is 2.89. The normalized spacial score (nSPS) is 28.4. The molecule has 2 aliphatic carbocycles. The Balaban J connectivity index is 1.66. The molecule has 4 atom stereocenters. The fourth-order valence-electron chi connectivity index (χ4n) is 4.22. The number of anilines is 1. The first-order valence-electron chi connectivity index (χ1n) is 8.17. The van der Waals surface area contributed by atoms with Crippen molar-refractivity contribution in [2.75, 3.05) is 11.9 Å². The van der Waals surface area contributed by atoms with Crippen LogP contribution in [0.4, 0.5) is 5.69 Å². The Bertz CT molecular complexity index is 517. The van der Waals surface area contributed by atoms with E-state index in [0.717, 1.165) is 24.1 Å². The zero-order valence-electron chi connectivity index (χ0n) is 12.9. The number of hydrogen-bond donors (Lipinski definition) is 2. The largest absolute Gasteiger partial charge is 0.385 e. The minimum atomic E-state index is -0.00526. The number of pyridine rings is 1. The smallest absolute Gasteiger partial charge is 0.255 e. The molecule has 3 rings (SSSR count). The van der Waals surface area contributed by atoms with E-state index in [1.807, 2.05) is 13.0 Å². The lowest BCUT2D eigenvalue weighted by Gasteiger charge is -2.28. The number of carbonyl (C=O) groups is 1. The molecule has 0 spiro atoms. The summed E-state index contributed by atoms with van der Waals surface area (Å²) in [6, 6.07) is 2.11. The lowest BCUT2D eigenvalue weighted by atomic mass is 9.84. The predicted octanol–water partition coefficient (Wildman–Crippen LogP) is 3.07. The maximum Gasteiger partial charge on any atom is 0.255 e. The van der Waals surface area contributed by atoms with Crippen molar-refractivity contribution in [1.29, 1.82) is 0 Å². The molecule has 1 aromatic heterocycles. The number of fused-ring (bicyclic) bond motifs is 2. The number of aromatic nitrogens is 1. The standard InChI is InChI=1S/C17H25N3O/c1-3-19-16-6-7-18-10-15(16)17(21)20-11(2)14-9-12-4-5-13(14)8-12/h6-7,10-14H,3-5,8-9H2,1-2H3,(H,18,19)(H,20,21). The number of hydrogen-bond acceptors (Lipinski definition) is 3. The maximum atomic E-state index is 12.5. The summed E-state index contributed by atoms with van der Waals surface area (Å²) >= 11 is 0. The lowest BCUT2D eigenvalue weighted by molar-refractivity contribution is 0.0916. The summed E-state index contributed by atoms with van der Waals surface area (Å²) in [5.74, 6) is 2.39. The van der Waals surface area contributed by atoms with Crippen LogP contribution in [0, 0.1) is 17.8 Å². The maximum absolute atomic E-state index is 12.5. The van der Waals surface area contributed by atoms with Crippen LogP contribution >= 0.6 is 0 Å². The number of amides is 1. The highest BCUT2D eigenvalue weighted by Crippen LogP contribution is 2.49. The van der Waals surface area contributed by atoms with Gasteiger partial charge in [-0.05, 0) is 56.9 Å². The quantitative estimate of drug-likeness (QED) is 0.875. The Morgan fingerprint density at radius 2 is 2.29 bits per heavy atom. The van der Waals surface area contributed by atoms with Gasteiger partial charge in [-0.25, -0.2) is 0 Å². The Kier molecular flexibility index (Phi) is 4.13. The first-order chi connectivity index (χ1) is 10.2. The molecule has 1 heterocycles. The van der Waals surface area contributed by atoms with Crippen LogP contribution in [0.2, 0.25) is 0 Å². The molecule has 4 heteroatoms. The van der Waals surface area contributed by atoms with Crippen molar-refractivity contribution in [3.63, 3.8) is 0 Å². The monoisotopic (exact) mass is 287 g/mol. The summed E-state index contributed by atoms with van der Waals surface area (Å²) in [6.07, 6.45) is 8.79. The van der Waals surface area contributed by atoms with E-state index in [1.54, 1.807) is 12.4 Å². The van der Waals surface area contributed by atoms with Gasteiger partial charge < -0.3 is 10.6 Å². The first-order valence-corrected chi connectivity index (χ1v) is 8.17. The average Bonchev–Trinajstić information content (AvgIpc) is 3.10. The molecule has 2 saturated carbocycles. The second-order valence-corrected chi connectivity index (χ2v) is 6.55. The molecular weight excluding hydrogens is 262 g/mol. The molecule has 4 unspecified atom stereocenters. The molecule has 2 N–H and O–H groups in total. The number of nitrogens with one attached hydrogen (secondary N) is 2. The van der Waals surface area contributed by atoms with Gasteiger partial charge in [-0.1, -0.05) is 6.42 Å². The van der Waals surface area contributed by atoms with E-state index in [9.17, 15) is 4.79 Å². The highest BCUT2D eigenvalue weighted by Gasteiger charge is 2.42. The van der Waals surface area contributed by atoms with Gasteiger partial charge in [0.2, 0.25) is 0 Å². The van der Waals surface area contributed by atoms with Crippen LogP contribution in [0.3, 0.4) is 0 Å². The SMILES string of the molecule is CCNc1ccncc1C(=O)NC(C)C1CC2CCC1C2. The third-order valence-electron chi connectivity index (χ3n) is 5.23. The van der Waals surface area contributed by atoms with Gasteiger partial charge in [0.15, 0.2) is 0 Å². The number of rotatable bonds is 5. The molecule has 2 fully saturated rings. The second kappa shape index (κ2) is 6.04. The summed E-state index contributed by atoms with van der Waals surface area (Å²) in [5, 5.41) is 6.43. The van der Waals surface area contributed by atoms with Gasteiger partial charge in [-0.15, -0.1) is 0 Å². The van der Waals surface area contributed by atoms with Crippen LogP contribution < -0.4 is 10.6 Å². The molecule has 1 amide bonds. The molecule has 0 aromatic carbocycles. The minimum Gasteiger partial charge on any atom is -0.385 e. The van der Waals surface area contributed by atoms with E-state index in [4.69, 9.17) is 0 Å². The Morgan fingerprint density at radius 1 is 1.43 bits per heavy atom. The highest BCUT2D eigenvalue weighted by atomic mass is 16.1. The van der Waals surface area contributed by atoms with E-state index < -0.39 is 0 Å². The van der Waals surface area contributed by atoms with E-state index in [1.165, 1.54) is 25.7 Å². The topological polar surface area (TPSA) is 54.0 Å². The summed E-state index contributed by atoms with van der Waals surface area (Å²) in [5.41, 5.74) is 1.51. The van der Waals surface area contributed by atoms with Crippen molar-refractivity contribution in [3.05, 3.63) is 24.0 Å². The highest BCUT2D eigenvalue weighted by molar-refractivity contribution is 5.99. The van der Waals surface area contributed by atoms with Gasteiger partial charge in [-0.3, -0.25) is 9.78 Å². The first kappa shape index (κ1) is 14.4. The molecule has 1 aromatic rings. The summed E-state index contributed by atoms with van der Waals surface area (Å²) < 4.78 is 0.